The van der Waals surface area contributed by atoms with Crippen LogP contribution in [-0.2, 0) is 0 Å². The molecule has 0 fully saturated rings. The number of hydrogen-bond acceptors (Lipinski definition) is 3. The smallest absolute Gasteiger partial charge is 0.255 e. The van der Waals surface area contributed by atoms with Crippen molar-refractivity contribution >= 4 is 17.3 Å². The van der Waals surface area contributed by atoms with Gasteiger partial charge in [-0.2, -0.15) is 0 Å². The average Bonchev–Trinajstić information content (AvgIpc) is 2.61. The van der Waals surface area contributed by atoms with Gasteiger partial charge in [0.05, 0.1) is 12.8 Å². The van der Waals surface area contributed by atoms with E-state index in [0.717, 1.165) is 25.1 Å². The molecule has 0 aliphatic heterocycles. The van der Waals surface area contributed by atoms with E-state index in [9.17, 15) is 9.18 Å². The lowest BCUT2D eigenvalue weighted by atomic mass is 10.1. The van der Waals surface area contributed by atoms with Crippen LogP contribution in [0, 0.1) is 5.82 Å². The average molecular weight is 330 g/mol. The largest absolute Gasteiger partial charge is 0.494 e. The fourth-order valence-electron chi connectivity index (χ4n) is 2.35. The number of ether oxygens (including phenoxy) is 1. The zero-order valence-corrected chi connectivity index (χ0v) is 14.3. The van der Waals surface area contributed by atoms with E-state index in [0.29, 0.717) is 17.0 Å². The fraction of sp³-hybridized carbons (Fsp3) is 0.316. The molecule has 0 aliphatic rings. The van der Waals surface area contributed by atoms with Crippen molar-refractivity contribution in [1.29, 1.82) is 0 Å². The molecule has 2 aromatic carbocycles. The van der Waals surface area contributed by atoms with E-state index in [4.69, 9.17) is 4.74 Å². The Labute approximate surface area is 142 Å². The number of hydrogen-bond donors (Lipinski definition) is 1. The number of nitrogens with one attached hydrogen (secondary N) is 1. The molecule has 0 bridgehead atoms. The molecule has 0 aliphatic carbocycles. The first kappa shape index (κ1) is 17.8. The number of anilines is 2. The zero-order chi connectivity index (χ0) is 17.5. The number of amides is 1. The van der Waals surface area contributed by atoms with Crippen LogP contribution in [0.2, 0.25) is 0 Å². The summed E-state index contributed by atoms with van der Waals surface area (Å²) in [5, 5.41) is 2.74. The van der Waals surface area contributed by atoms with Gasteiger partial charge < -0.3 is 15.0 Å². The van der Waals surface area contributed by atoms with Crippen LogP contribution >= 0.6 is 0 Å². The minimum atomic E-state index is -0.413. The van der Waals surface area contributed by atoms with Crippen LogP contribution in [-0.4, -0.2) is 26.6 Å². The minimum absolute atomic E-state index is 0.261. The van der Waals surface area contributed by atoms with Gasteiger partial charge in [0.25, 0.3) is 5.91 Å². The maximum absolute atomic E-state index is 13.2. The van der Waals surface area contributed by atoms with Gasteiger partial charge in [-0.15, -0.1) is 0 Å². The third-order valence-electron chi connectivity index (χ3n) is 3.83. The lowest BCUT2D eigenvalue weighted by Gasteiger charge is -2.19. The second kappa shape index (κ2) is 8.34. The molecule has 0 saturated carbocycles. The van der Waals surface area contributed by atoms with E-state index in [-0.39, 0.29) is 5.91 Å². The highest BCUT2D eigenvalue weighted by molar-refractivity contribution is 6.05. The Morgan fingerprint density at radius 2 is 1.92 bits per heavy atom. The summed E-state index contributed by atoms with van der Waals surface area (Å²) in [6.45, 7) is 3.14. The summed E-state index contributed by atoms with van der Waals surface area (Å²) in [6, 6.07) is 11.4. The molecule has 1 amide bonds. The summed E-state index contributed by atoms with van der Waals surface area (Å²) in [7, 11) is 3.47. The van der Waals surface area contributed by atoms with Crippen molar-refractivity contribution in [3.63, 3.8) is 0 Å². The van der Waals surface area contributed by atoms with Crippen LogP contribution in [0.4, 0.5) is 15.8 Å². The molecule has 0 spiro atoms. The van der Waals surface area contributed by atoms with Crippen LogP contribution in [0.15, 0.2) is 42.5 Å². The molecule has 24 heavy (non-hydrogen) atoms. The highest BCUT2D eigenvalue weighted by Gasteiger charge is 2.11. The highest BCUT2D eigenvalue weighted by Crippen LogP contribution is 2.25. The molecular formula is C19H23FN2O2. The van der Waals surface area contributed by atoms with Gasteiger partial charge in [-0.3, -0.25) is 4.79 Å². The number of rotatable bonds is 7. The number of halogens is 1. The predicted octanol–water partition coefficient (Wildman–Crippen LogP) is 4.32. The monoisotopic (exact) mass is 330 g/mol. The number of unbranched alkanes of at least 4 members (excludes halogenated alkanes) is 1. The third kappa shape index (κ3) is 4.47. The van der Waals surface area contributed by atoms with Crippen molar-refractivity contribution in [2.75, 3.05) is 30.9 Å². The Morgan fingerprint density at radius 1 is 1.21 bits per heavy atom. The number of carbonyl (C=O) groups excluding carboxylic acids is 1. The third-order valence-corrected chi connectivity index (χ3v) is 3.83. The van der Waals surface area contributed by atoms with Crippen molar-refractivity contribution in [2.24, 2.45) is 0 Å². The van der Waals surface area contributed by atoms with Crippen LogP contribution in [0.5, 0.6) is 5.75 Å². The van der Waals surface area contributed by atoms with E-state index in [1.807, 2.05) is 19.2 Å². The molecule has 0 heterocycles. The first-order chi connectivity index (χ1) is 11.5. The van der Waals surface area contributed by atoms with Crippen molar-refractivity contribution < 1.29 is 13.9 Å². The Morgan fingerprint density at radius 3 is 2.54 bits per heavy atom. The summed E-state index contributed by atoms with van der Waals surface area (Å²) in [5.41, 5.74) is 2.04. The van der Waals surface area contributed by atoms with E-state index < -0.39 is 5.82 Å². The zero-order valence-electron chi connectivity index (χ0n) is 14.3. The van der Waals surface area contributed by atoms with Gasteiger partial charge in [-0.1, -0.05) is 13.3 Å². The van der Waals surface area contributed by atoms with E-state index in [1.54, 1.807) is 12.1 Å². The minimum Gasteiger partial charge on any atom is -0.494 e. The van der Waals surface area contributed by atoms with E-state index in [1.165, 1.54) is 25.3 Å². The molecule has 0 aromatic heterocycles. The Kier molecular flexibility index (Phi) is 6.18. The summed E-state index contributed by atoms with van der Waals surface area (Å²) < 4.78 is 18.3. The van der Waals surface area contributed by atoms with Gasteiger partial charge in [-0.25, -0.2) is 4.39 Å². The molecule has 1 N–H and O–H groups in total. The molecule has 0 atom stereocenters. The van der Waals surface area contributed by atoms with Crippen LogP contribution in [0.1, 0.15) is 30.1 Å². The molecule has 0 radical (unpaired) electrons. The molecule has 2 rings (SSSR count). The summed E-state index contributed by atoms with van der Waals surface area (Å²) >= 11 is 0. The summed E-state index contributed by atoms with van der Waals surface area (Å²) in [4.78, 5) is 14.5. The highest BCUT2D eigenvalue weighted by atomic mass is 19.1. The number of nitrogens with zero attached hydrogens (tertiary/aromatic N) is 1. The molecular weight excluding hydrogens is 307 g/mol. The number of methoxy groups -OCH3 is 1. The molecule has 5 heteroatoms. The maximum atomic E-state index is 13.2. The number of carbonyl (C=O) groups is 1. The second-order valence-electron chi connectivity index (χ2n) is 5.62. The van der Waals surface area contributed by atoms with Gasteiger partial charge >= 0.3 is 0 Å². The van der Waals surface area contributed by atoms with Crippen LogP contribution in [0.25, 0.3) is 0 Å². The van der Waals surface area contributed by atoms with Gasteiger partial charge in [0.2, 0.25) is 0 Å². The van der Waals surface area contributed by atoms with Crippen molar-refractivity contribution in [2.45, 2.75) is 19.8 Å². The van der Waals surface area contributed by atoms with Crippen molar-refractivity contribution in [3.8, 4) is 5.75 Å². The van der Waals surface area contributed by atoms with Gasteiger partial charge in [0.15, 0.2) is 0 Å². The normalized spacial score (nSPS) is 10.3. The lowest BCUT2D eigenvalue weighted by Crippen LogP contribution is -2.18. The fourth-order valence-corrected chi connectivity index (χ4v) is 2.35. The predicted molar refractivity (Wildman–Crippen MR) is 95.5 cm³/mol. The van der Waals surface area contributed by atoms with Gasteiger partial charge in [0.1, 0.15) is 11.6 Å². The number of benzene rings is 2. The molecule has 0 saturated heterocycles. The van der Waals surface area contributed by atoms with Gasteiger partial charge in [-0.05, 0) is 42.8 Å². The maximum Gasteiger partial charge on any atom is 0.255 e. The first-order valence-corrected chi connectivity index (χ1v) is 8.01. The lowest BCUT2D eigenvalue weighted by molar-refractivity contribution is 0.102. The van der Waals surface area contributed by atoms with Gasteiger partial charge in [0, 0.05) is 30.9 Å². The topological polar surface area (TPSA) is 41.6 Å². The van der Waals surface area contributed by atoms with Crippen LogP contribution in [0.3, 0.4) is 0 Å². The Hall–Kier alpha value is -2.56. The van der Waals surface area contributed by atoms with Crippen LogP contribution < -0.4 is 15.0 Å². The van der Waals surface area contributed by atoms with E-state index >= 15 is 0 Å². The first-order valence-electron chi connectivity index (χ1n) is 8.01. The SMILES string of the molecule is CCCCN(C)c1ccc(C(=O)Nc2ccc(F)cc2OC)cc1. The molecule has 128 valence electrons. The Bertz CT molecular complexity index is 686. The van der Waals surface area contributed by atoms with Crippen molar-refractivity contribution in [1.82, 2.24) is 0 Å². The summed E-state index contributed by atoms with van der Waals surface area (Å²) in [5.74, 6) is -0.383. The van der Waals surface area contributed by atoms with E-state index in [2.05, 4.69) is 17.1 Å². The summed E-state index contributed by atoms with van der Waals surface area (Å²) in [6.07, 6.45) is 2.27. The quantitative estimate of drug-likeness (QED) is 0.822. The molecule has 4 nitrogen and oxygen atoms in total. The Balaban J connectivity index is 2.08. The molecule has 0 unspecified atom stereocenters. The molecule has 2 aromatic rings. The standard InChI is InChI=1S/C19H23FN2O2/c1-4-5-12-22(2)16-9-6-14(7-10-16)19(23)21-17-11-8-15(20)13-18(17)24-3/h6-11,13H,4-5,12H2,1-3H3,(H,21,23). The second-order valence-corrected chi connectivity index (χ2v) is 5.62. The van der Waals surface area contributed by atoms with Crippen molar-refractivity contribution in [3.05, 3.63) is 53.8 Å².